The molecule has 0 aromatic rings. The highest BCUT2D eigenvalue weighted by Crippen LogP contribution is 2.23. The molecule has 2 aliphatic heterocycles. The first-order valence-electron chi connectivity index (χ1n) is 3.98. The lowest BCUT2D eigenvalue weighted by Crippen LogP contribution is -2.42. The molecule has 5 heteroatoms. The Kier molecular flexibility index (Phi) is 1.96. The first-order valence-corrected chi connectivity index (χ1v) is 5.03. The minimum Gasteiger partial charge on any atom is -0.326 e. The van der Waals surface area contributed by atoms with Crippen molar-refractivity contribution in [2.75, 3.05) is 12.3 Å². The number of hydrogen-bond donors (Lipinski definition) is 1. The second kappa shape index (κ2) is 2.97. The molecule has 2 fully saturated rings. The van der Waals surface area contributed by atoms with E-state index in [1.54, 1.807) is 4.90 Å². The molecule has 12 heavy (non-hydrogen) atoms. The fourth-order valence-electron chi connectivity index (χ4n) is 1.46. The number of nitrogens with zero attached hydrogens (tertiary/aromatic N) is 1. The fourth-order valence-corrected chi connectivity index (χ4v) is 2.47. The summed E-state index contributed by atoms with van der Waals surface area (Å²) < 4.78 is 0. The molecule has 0 aromatic heterocycles. The molecule has 0 radical (unpaired) electrons. The zero-order chi connectivity index (χ0) is 8.55. The van der Waals surface area contributed by atoms with Crippen LogP contribution in [0.25, 0.3) is 0 Å². The van der Waals surface area contributed by atoms with Crippen LogP contribution in [-0.2, 0) is 9.59 Å². The fraction of sp³-hybridized carbons (Fsp3) is 0.714. The Morgan fingerprint density at radius 1 is 1.50 bits per heavy atom. The highest BCUT2D eigenvalue weighted by Gasteiger charge is 2.32. The van der Waals surface area contributed by atoms with Gasteiger partial charge in [0.05, 0.1) is 5.75 Å². The average Bonchev–Trinajstić information content (AvgIpc) is 2.58. The van der Waals surface area contributed by atoms with Gasteiger partial charge in [-0.1, -0.05) is 0 Å². The first-order chi connectivity index (χ1) is 5.77. The van der Waals surface area contributed by atoms with Crippen LogP contribution in [0.3, 0.4) is 0 Å². The van der Waals surface area contributed by atoms with E-state index in [4.69, 9.17) is 0 Å². The Balaban J connectivity index is 2.00. The van der Waals surface area contributed by atoms with Crippen molar-refractivity contribution in [3.05, 3.63) is 0 Å². The van der Waals surface area contributed by atoms with Gasteiger partial charge in [0, 0.05) is 13.0 Å². The Morgan fingerprint density at radius 3 is 2.83 bits per heavy atom. The maximum Gasteiger partial charge on any atom is 0.232 e. The van der Waals surface area contributed by atoms with Crippen LogP contribution in [0.4, 0.5) is 0 Å². The van der Waals surface area contributed by atoms with Crippen LogP contribution in [-0.4, -0.2) is 34.5 Å². The van der Waals surface area contributed by atoms with Crippen LogP contribution < -0.4 is 5.32 Å². The molecule has 2 saturated heterocycles. The molecule has 0 bridgehead atoms. The third-order valence-electron chi connectivity index (χ3n) is 2.05. The number of carbonyl (C=O) groups is 2. The lowest BCUT2D eigenvalue weighted by atomic mass is 10.4. The van der Waals surface area contributed by atoms with Crippen LogP contribution in [0.5, 0.6) is 0 Å². The maximum absolute atomic E-state index is 11.2. The Morgan fingerprint density at radius 2 is 2.33 bits per heavy atom. The standard InChI is InChI=1S/C7H10N2O2S/c10-5-4-12-7(8-5)9-3-1-2-6(9)11/h7H,1-4H2,(H,8,10). The SMILES string of the molecule is O=C1CSC(N2CCCC2=O)N1. The van der Waals surface area contributed by atoms with Gasteiger partial charge in [0.15, 0.2) is 5.50 Å². The van der Waals surface area contributed by atoms with Crippen molar-refractivity contribution < 1.29 is 9.59 Å². The van der Waals surface area contributed by atoms with Crippen LogP contribution in [0.2, 0.25) is 0 Å². The van der Waals surface area contributed by atoms with Gasteiger partial charge >= 0.3 is 0 Å². The van der Waals surface area contributed by atoms with Crippen molar-refractivity contribution >= 4 is 23.6 Å². The normalized spacial score (nSPS) is 29.7. The van der Waals surface area contributed by atoms with Gasteiger partial charge in [-0.3, -0.25) is 9.59 Å². The smallest absolute Gasteiger partial charge is 0.232 e. The van der Waals surface area contributed by atoms with Crippen LogP contribution >= 0.6 is 11.8 Å². The van der Waals surface area contributed by atoms with E-state index in [1.807, 2.05) is 0 Å². The second-order valence-corrected chi connectivity index (χ2v) is 3.99. The van der Waals surface area contributed by atoms with E-state index in [1.165, 1.54) is 11.8 Å². The summed E-state index contributed by atoms with van der Waals surface area (Å²) in [5, 5.41) is 2.76. The van der Waals surface area contributed by atoms with Gasteiger partial charge in [0.2, 0.25) is 11.8 Å². The van der Waals surface area contributed by atoms with Crippen molar-refractivity contribution in [3.63, 3.8) is 0 Å². The van der Waals surface area contributed by atoms with Gasteiger partial charge in [-0.05, 0) is 6.42 Å². The summed E-state index contributed by atoms with van der Waals surface area (Å²) >= 11 is 1.50. The number of thioether (sulfide) groups is 1. The minimum absolute atomic E-state index is 0.0321. The van der Waals surface area contributed by atoms with E-state index in [9.17, 15) is 9.59 Å². The zero-order valence-electron chi connectivity index (χ0n) is 6.58. The van der Waals surface area contributed by atoms with Crippen molar-refractivity contribution in [2.45, 2.75) is 18.3 Å². The molecule has 0 aromatic carbocycles. The van der Waals surface area contributed by atoms with Gasteiger partial charge < -0.3 is 10.2 Å². The largest absolute Gasteiger partial charge is 0.326 e. The molecule has 2 rings (SSSR count). The molecular weight excluding hydrogens is 176 g/mol. The minimum atomic E-state index is -0.0903. The summed E-state index contributed by atoms with van der Waals surface area (Å²) in [4.78, 5) is 23.8. The van der Waals surface area contributed by atoms with E-state index in [-0.39, 0.29) is 17.3 Å². The number of rotatable bonds is 1. The van der Waals surface area contributed by atoms with Gasteiger partial charge in [0.1, 0.15) is 0 Å². The summed E-state index contributed by atoms with van der Waals surface area (Å²) in [6.45, 7) is 0.788. The van der Waals surface area contributed by atoms with Crippen molar-refractivity contribution in [1.82, 2.24) is 10.2 Å². The van der Waals surface area contributed by atoms with E-state index in [0.29, 0.717) is 12.2 Å². The van der Waals surface area contributed by atoms with Crippen LogP contribution in [0.15, 0.2) is 0 Å². The van der Waals surface area contributed by atoms with Crippen LogP contribution in [0.1, 0.15) is 12.8 Å². The molecule has 2 amide bonds. The summed E-state index contributed by atoms with van der Waals surface area (Å²) in [5.41, 5.74) is -0.0903. The third-order valence-corrected chi connectivity index (χ3v) is 3.17. The van der Waals surface area contributed by atoms with Gasteiger partial charge in [0.25, 0.3) is 0 Å². The molecule has 4 nitrogen and oxygen atoms in total. The highest BCUT2D eigenvalue weighted by molar-refractivity contribution is 8.00. The average molecular weight is 186 g/mol. The third kappa shape index (κ3) is 1.29. The monoisotopic (exact) mass is 186 g/mol. The van der Waals surface area contributed by atoms with Gasteiger partial charge in [-0.25, -0.2) is 0 Å². The molecule has 0 spiro atoms. The highest BCUT2D eigenvalue weighted by atomic mass is 32.2. The van der Waals surface area contributed by atoms with Crippen molar-refractivity contribution in [2.24, 2.45) is 0 Å². The van der Waals surface area contributed by atoms with Crippen molar-refractivity contribution in [1.29, 1.82) is 0 Å². The Bertz CT molecular complexity index is 231. The first kappa shape index (κ1) is 7.91. The Hall–Kier alpha value is -0.710. The lowest BCUT2D eigenvalue weighted by Gasteiger charge is -2.21. The second-order valence-electron chi connectivity index (χ2n) is 2.92. The lowest BCUT2D eigenvalue weighted by molar-refractivity contribution is -0.129. The quantitative estimate of drug-likeness (QED) is 0.614. The summed E-state index contributed by atoms with van der Waals surface area (Å²) in [7, 11) is 0. The number of hydrogen-bond acceptors (Lipinski definition) is 3. The predicted octanol–water partition coefficient (Wildman–Crippen LogP) is -0.245. The molecular formula is C7H10N2O2S. The molecule has 1 N–H and O–H groups in total. The molecule has 0 saturated carbocycles. The molecule has 1 unspecified atom stereocenters. The molecule has 2 aliphatic rings. The number of nitrogens with one attached hydrogen (secondary N) is 1. The Labute approximate surface area is 74.7 Å². The zero-order valence-corrected chi connectivity index (χ0v) is 7.39. The summed E-state index contributed by atoms with van der Waals surface area (Å²) in [5.74, 6) is 0.674. The number of likely N-dealkylation sites (tertiary alicyclic amines) is 1. The van der Waals surface area contributed by atoms with Crippen molar-refractivity contribution in [3.8, 4) is 0 Å². The van der Waals surface area contributed by atoms with Gasteiger partial charge in [-0.2, -0.15) is 0 Å². The van der Waals surface area contributed by atoms with E-state index in [2.05, 4.69) is 5.32 Å². The molecule has 1 atom stereocenters. The summed E-state index contributed by atoms with van der Waals surface area (Å²) in [6.07, 6.45) is 1.55. The molecule has 2 heterocycles. The van der Waals surface area contributed by atoms with E-state index >= 15 is 0 Å². The van der Waals surface area contributed by atoms with E-state index in [0.717, 1.165) is 13.0 Å². The summed E-state index contributed by atoms with van der Waals surface area (Å²) in [6, 6.07) is 0. The molecule has 0 aliphatic carbocycles. The topological polar surface area (TPSA) is 49.4 Å². The molecule has 66 valence electrons. The number of carbonyl (C=O) groups excluding carboxylic acids is 2. The van der Waals surface area contributed by atoms with E-state index < -0.39 is 0 Å². The number of amides is 2. The maximum atomic E-state index is 11.2. The van der Waals surface area contributed by atoms with Gasteiger partial charge in [-0.15, -0.1) is 11.8 Å². The predicted molar refractivity (Wildman–Crippen MR) is 45.3 cm³/mol. The van der Waals surface area contributed by atoms with Crippen LogP contribution in [0, 0.1) is 0 Å².